The van der Waals surface area contributed by atoms with E-state index in [-0.39, 0.29) is 12.6 Å². The van der Waals surface area contributed by atoms with E-state index in [2.05, 4.69) is 63.6 Å². The van der Waals surface area contributed by atoms with E-state index in [4.69, 9.17) is 9.47 Å². The number of alkyl halides is 2. The molecule has 2 atom stereocenters. The molecular formula is C45H47F2N5O4. The van der Waals surface area contributed by atoms with Crippen LogP contribution < -0.4 is 5.32 Å². The molecule has 290 valence electrons. The number of halogens is 2. The largest absolute Gasteiger partial charge is 0.445 e. The molecule has 6 aromatic rings. The average Bonchev–Trinajstić information content (AvgIpc) is 3.94. The second-order valence-corrected chi connectivity index (χ2v) is 15.4. The summed E-state index contributed by atoms with van der Waals surface area (Å²) >= 11 is 0. The first-order chi connectivity index (χ1) is 26.8. The van der Waals surface area contributed by atoms with Crippen LogP contribution in [0.25, 0.3) is 44.4 Å². The lowest BCUT2D eigenvalue weighted by Crippen LogP contribution is -2.38. The molecule has 1 aliphatic rings. The number of unbranched alkanes of at least 4 members (excludes halogenated alkanes) is 1. The van der Waals surface area contributed by atoms with E-state index in [1.165, 1.54) is 0 Å². The molecule has 1 saturated heterocycles. The lowest BCUT2D eigenvalue weighted by Gasteiger charge is -2.27. The number of hydrogen-bond donors (Lipinski definition) is 3. The lowest BCUT2D eigenvalue weighted by atomic mass is 9.98. The van der Waals surface area contributed by atoms with Crippen molar-refractivity contribution in [1.29, 1.82) is 0 Å². The van der Waals surface area contributed by atoms with Crippen LogP contribution in [-0.4, -0.2) is 50.1 Å². The molecule has 1 fully saturated rings. The number of carbonyl (C=O) groups is 2. The van der Waals surface area contributed by atoms with E-state index in [0.29, 0.717) is 11.5 Å². The molecule has 4 aromatic carbocycles. The third-order valence-corrected chi connectivity index (χ3v) is 9.92. The second kappa shape index (κ2) is 16.0. The maximum absolute atomic E-state index is 14.5. The summed E-state index contributed by atoms with van der Waals surface area (Å²) in [5.41, 5.74) is 6.27. The Hall–Kier alpha value is -5.97. The first-order valence-electron chi connectivity index (χ1n) is 19.1. The van der Waals surface area contributed by atoms with Gasteiger partial charge in [0, 0.05) is 23.4 Å². The van der Waals surface area contributed by atoms with Crippen LogP contribution in [0.1, 0.15) is 82.5 Å². The zero-order valence-electron chi connectivity index (χ0n) is 32.1. The predicted octanol–water partition coefficient (Wildman–Crippen LogP) is 11.4. The van der Waals surface area contributed by atoms with Gasteiger partial charge in [-0.25, -0.2) is 23.4 Å². The van der Waals surface area contributed by atoms with Gasteiger partial charge in [0.05, 0.1) is 30.5 Å². The summed E-state index contributed by atoms with van der Waals surface area (Å²) < 4.78 is 40.0. The van der Waals surface area contributed by atoms with Crippen molar-refractivity contribution in [2.45, 2.75) is 83.6 Å². The molecule has 9 nitrogen and oxygen atoms in total. The Morgan fingerprint density at radius 1 is 0.875 bits per heavy atom. The molecule has 0 unspecified atom stereocenters. The molecule has 11 heteroatoms. The van der Waals surface area contributed by atoms with Crippen LogP contribution in [0.15, 0.2) is 109 Å². The van der Waals surface area contributed by atoms with Gasteiger partial charge in [-0.05, 0) is 84.5 Å². The Kier molecular flexibility index (Phi) is 11.0. The van der Waals surface area contributed by atoms with Gasteiger partial charge in [0.15, 0.2) is 0 Å². The van der Waals surface area contributed by atoms with E-state index in [1.807, 2.05) is 60.7 Å². The zero-order valence-corrected chi connectivity index (χ0v) is 32.1. The van der Waals surface area contributed by atoms with Crippen molar-refractivity contribution < 1.29 is 27.8 Å². The van der Waals surface area contributed by atoms with Gasteiger partial charge in [-0.2, -0.15) is 0 Å². The minimum absolute atomic E-state index is 0.196. The topological polar surface area (TPSA) is 112 Å². The van der Waals surface area contributed by atoms with Crippen LogP contribution in [0.3, 0.4) is 0 Å². The molecule has 0 bridgehead atoms. The molecule has 3 heterocycles. The summed E-state index contributed by atoms with van der Waals surface area (Å²) in [4.78, 5) is 38.0. The molecule has 56 heavy (non-hydrogen) atoms. The monoisotopic (exact) mass is 759 g/mol. The van der Waals surface area contributed by atoms with Crippen molar-refractivity contribution in [2.75, 3.05) is 6.54 Å². The van der Waals surface area contributed by atoms with Crippen molar-refractivity contribution in [1.82, 2.24) is 25.2 Å². The van der Waals surface area contributed by atoms with Crippen LogP contribution in [-0.2, 0) is 16.1 Å². The highest BCUT2D eigenvalue weighted by molar-refractivity contribution is 5.90. The van der Waals surface area contributed by atoms with E-state index >= 15 is 0 Å². The molecule has 2 amide bonds. The molecule has 0 spiro atoms. The normalized spacial score (nSPS) is 15.8. The van der Waals surface area contributed by atoms with Gasteiger partial charge in [-0.1, -0.05) is 98.6 Å². The minimum Gasteiger partial charge on any atom is -0.445 e. The number of ether oxygens (including phenoxy) is 2. The van der Waals surface area contributed by atoms with Gasteiger partial charge in [0.1, 0.15) is 18.0 Å². The second-order valence-electron chi connectivity index (χ2n) is 15.4. The van der Waals surface area contributed by atoms with Crippen LogP contribution in [0.2, 0.25) is 0 Å². The number of fused-ring (bicyclic) bond motifs is 1. The molecule has 0 radical (unpaired) electrons. The summed E-state index contributed by atoms with van der Waals surface area (Å²) in [6, 6.07) is 32.7. The molecule has 7 rings (SSSR count). The molecule has 0 saturated carbocycles. The van der Waals surface area contributed by atoms with Crippen LogP contribution in [0.5, 0.6) is 0 Å². The van der Waals surface area contributed by atoms with Crippen molar-refractivity contribution in [2.24, 2.45) is 0 Å². The first kappa shape index (κ1) is 38.3. The fraction of sp³-hybridized carbons (Fsp3) is 0.311. The number of benzene rings is 4. The third kappa shape index (κ3) is 9.10. The fourth-order valence-electron chi connectivity index (χ4n) is 7.07. The Morgan fingerprint density at radius 3 is 2.27 bits per heavy atom. The quantitative estimate of drug-likeness (QED) is 0.122. The summed E-state index contributed by atoms with van der Waals surface area (Å²) in [6.45, 7) is 6.78. The highest BCUT2D eigenvalue weighted by atomic mass is 19.3. The number of alkyl carbamates (subject to hydrolysis) is 1. The fourth-order valence-corrected chi connectivity index (χ4v) is 7.07. The maximum atomic E-state index is 14.5. The van der Waals surface area contributed by atoms with Crippen molar-refractivity contribution >= 4 is 23.0 Å². The van der Waals surface area contributed by atoms with Gasteiger partial charge in [0.2, 0.25) is 0 Å². The van der Waals surface area contributed by atoms with E-state index in [1.54, 1.807) is 33.0 Å². The van der Waals surface area contributed by atoms with Crippen LogP contribution >= 0.6 is 0 Å². The van der Waals surface area contributed by atoms with Gasteiger partial charge in [-0.3, -0.25) is 4.90 Å². The summed E-state index contributed by atoms with van der Waals surface area (Å²) in [5.74, 6) is -2.32. The molecule has 1 aliphatic heterocycles. The van der Waals surface area contributed by atoms with Crippen LogP contribution in [0, 0.1) is 0 Å². The number of likely N-dealkylation sites (tertiary alicyclic amines) is 1. The standard InChI is InChI=1S/C45H47F2N5O4/c1-5-6-12-38(51-42(53)55-27-29-10-8-7-9-11-29)41-48-26-39(50-41)35-20-19-33-23-32(17-18-34(33)24-35)30-13-15-31(16-14-30)36-21-22-37(49-36)40-25-45(46,47)28-52(40)43(54)56-44(2,3)4/h7-11,13-24,26,38,40,49H,5-6,12,25,27-28H2,1-4H3,(H,48,50)(H,51,53)/t38-,40-/m0/s1. The molecule has 2 aromatic heterocycles. The van der Waals surface area contributed by atoms with Crippen molar-refractivity contribution in [3.8, 4) is 33.6 Å². The highest BCUT2D eigenvalue weighted by Crippen LogP contribution is 2.42. The van der Waals surface area contributed by atoms with E-state index < -0.39 is 42.7 Å². The van der Waals surface area contributed by atoms with E-state index in [0.717, 1.165) is 74.1 Å². The smallest absolute Gasteiger partial charge is 0.411 e. The van der Waals surface area contributed by atoms with Gasteiger partial charge in [-0.15, -0.1) is 0 Å². The van der Waals surface area contributed by atoms with Crippen molar-refractivity contribution in [3.63, 3.8) is 0 Å². The average molecular weight is 760 g/mol. The van der Waals surface area contributed by atoms with Gasteiger partial charge < -0.3 is 24.8 Å². The number of aromatic amines is 2. The number of H-pyrrole nitrogens is 2. The first-order valence-corrected chi connectivity index (χ1v) is 19.1. The molecule has 0 aliphatic carbocycles. The summed E-state index contributed by atoms with van der Waals surface area (Å²) in [7, 11) is 0. The van der Waals surface area contributed by atoms with Gasteiger partial charge >= 0.3 is 12.2 Å². The third-order valence-electron chi connectivity index (χ3n) is 9.92. The lowest BCUT2D eigenvalue weighted by molar-refractivity contribution is -0.00245. The predicted molar refractivity (Wildman–Crippen MR) is 214 cm³/mol. The SMILES string of the molecule is CCCC[C@H](NC(=O)OCc1ccccc1)c1ncc(-c2ccc3cc(-c4ccc(-c5ccc([C@@H]6CC(F)(F)CN6C(=O)OC(C)(C)C)[nH]5)cc4)ccc3c2)[nH]1. The number of nitrogens with zero attached hydrogens (tertiary/aromatic N) is 2. The minimum atomic E-state index is -3.00. The van der Waals surface area contributed by atoms with Crippen molar-refractivity contribution in [3.05, 3.63) is 126 Å². The van der Waals surface area contributed by atoms with Gasteiger partial charge in [0.25, 0.3) is 5.92 Å². The Balaban J connectivity index is 1.02. The number of carbonyl (C=O) groups excluding carboxylic acids is 2. The Labute approximate surface area is 325 Å². The Bertz CT molecular complexity index is 2300. The number of amides is 2. The summed E-state index contributed by atoms with van der Waals surface area (Å²) in [5, 5.41) is 5.14. The Morgan fingerprint density at radius 2 is 1.55 bits per heavy atom. The highest BCUT2D eigenvalue weighted by Gasteiger charge is 2.49. The number of aromatic nitrogens is 3. The molecule has 3 N–H and O–H groups in total. The number of nitrogens with one attached hydrogen (secondary N) is 3. The van der Waals surface area contributed by atoms with E-state index in [9.17, 15) is 18.4 Å². The maximum Gasteiger partial charge on any atom is 0.411 e. The number of hydrogen-bond acceptors (Lipinski definition) is 5. The summed E-state index contributed by atoms with van der Waals surface area (Å²) in [6.07, 6.45) is 2.74. The van der Waals surface area contributed by atoms with Crippen LogP contribution in [0.4, 0.5) is 18.4 Å². The molecular weight excluding hydrogens is 713 g/mol. The number of imidazole rings is 1. The number of rotatable bonds is 11. The zero-order chi connectivity index (χ0) is 39.5.